The van der Waals surface area contributed by atoms with E-state index in [1.807, 2.05) is 0 Å². The Morgan fingerprint density at radius 2 is 2.00 bits per heavy atom. The van der Waals surface area contributed by atoms with Crippen LogP contribution in [0.15, 0.2) is 0 Å². The lowest BCUT2D eigenvalue weighted by molar-refractivity contribution is 0.145. The van der Waals surface area contributed by atoms with E-state index in [9.17, 15) is 0 Å². The number of rotatable bonds is 3. The Hall–Kier alpha value is -0.0800. The molecule has 1 N–H and O–H groups in total. The molecule has 0 aromatic carbocycles. The van der Waals surface area contributed by atoms with Crippen molar-refractivity contribution in [1.82, 2.24) is 10.2 Å². The van der Waals surface area contributed by atoms with Crippen LogP contribution in [0.25, 0.3) is 0 Å². The molecule has 0 amide bonds. The number of piperidine rings is 1. The average Bonchev–Trinajstić information content (AvgIpc) is 2.63. The number of nitrogens with zero attached hydrogens (tertiary/aromatic N) is 1. The lowest BCUT2D eigenvalue weighted by Crippen LogP contribution is -2.50. The third-order valence-corrected chi connectivity index (χ3v) is 4.76. The van der Waals surface area contributed by atoms with Gasteiger partial charge in [-0.15, -0.1) is 0 Å². The highest BCUT2D eigenvalue weighted by atomic mass is 15.2. The molecule has 0 aromatic heterocycles. The van der Waals surface area contributed by atoms with Crippen LogP contribution in [0, 0.1) is 5.92 Å². The van der Waals surface area contributed by atoms with Gasteiger partial charge in [-0.05, 0) is 51.5 Å². The summed E-state index contributed by atoms with van der Waals surface area (Å²) in [5.74, 6) is 0.860. The Labute approximate surface area is 101 Å². The normalized spacial score (nSPS) is 41.4. The van der Waals surface area contributed by atoms with Crippen LogP contribution in [0.2, 0.25) is 0 Å². The number of hydrogen-bond donors (Lipinski definition) is 1. The predicted molar refractivity (Wildman–Crippen MR) is 69.7 cm³/mol. The van der Waals surface area contributed by atoms with Crippen LogP contribution in [-0.4, -0.2) is 36.1 Å². The number of likely N-dealkylation sites (tertiary alicyclic amines) is 1. The summed E-state index contributed by atoms with van der Waals surface area (Å²) in [6, 6.07) is 2.40. The van der Waals surface area contributed by atoms with Gasteiger partial charge in [0.15, 0.2) is 0 Å². The maximum atomic E-state index is 3.72. The van der Waals surface area contributed by atoms with E-state index < -0.39 is 0 Å². The van der Waals surface area contributed by atoms with Gasteiger partial charge in [0.05, 0.1) is 0 Å². The van der Waals surface area contributed by atoms with Crippen LogP contribution in [0.4, 0.5) is 0 Å². The Kier molecular flexibility index (Phi) is 4.26. The summed E-state index contributed by atoms with van der Waals surface area (Å²) >= 11 is 0. The number of nitrogens with one attached hydrogen (secondary N) is 1. The van der Waals surface area contributed by atoms with Crippen LogP contribution >= 0.6 is 0 Å². The van der Waals surface area contributed by atoms with Crippen LogP contribution in [0.3, 0.4) is 0 Å². The Morgan fingerprint density at radius 3 is 2.69 bits per heavy atom. The maximum Gasteiger partial charge on any atom is 0.0220 e. The Morgan fingerprint density at radius 1 is 1.19 bits per heavy atom. The van der Waals surface area contributed by atoms with Gasteiger partial charge in [-0.25, -0.2) is 0 Å². The molecule has 4 unspecified atom stereocenters. The summed E-state index contributed by atoms with van der Waals surface area (Å²) in [6.07, 6.45) is 6.92. The first-order valence-corrected chi connectivity index (χ1v) is 7.21. The molecule has 2 aliphatic rings. The molecule has 2 heterocycles. The Bertz CT molecular complexity index is 217. The number of hydrogen-bond acceptors (Lipinski definition) is 2. The molecule has 0 aromatic rings. The minimum Gasteiger partial charge on any atom is -0.312 e. The molecule has 2 nitrogen and oxygen atoms in total. The molecular weight excluding hydrogens is 196 g/mol. The van der Waals surface area contributed by atoms with E-state index in [0.717, 1.165) is 24.0 Å². The molecule has 2 rings (SSSR count). The highest BCUT2D eigenvalue weighted by molar-refractivity contribution is 4.89. The fourth-order valence-electron chi connectivity index (χ4n) is 3.48. The van der Waals surface area contributed by atoms with Gasteiger partial charge in [-0.1, -0.05) is 13.8 Å². The quantitative estimate of drug-likeness (QED) is 0.793. The van der Waals surface area contributed by atoms with Crippen molar-refractivity contribution in [2.75, 3.05) is 13.1 Å². The molecule has 0 bridgehead atoms. The highest BCUT2D eigenvalue weighted by Gasteiger charge is 2.32. The minimum atomic E-state index is 0.739. The van der Waals surface area contributed by atoms with Crippen molar-refractivity contribution < 1.29 is 0 Å². The van der Waals surface area contributed by atoms with E-state index in [1.54, 1.807) is 0 Å². The lowest BCUT2D eigenvalue weighted by Gasteiger charge is -2.37. The second-order valence-electron chi connectivity index (χ2n) is 5.87. The van der Waals surface area contributed by atoms with Crippen LogP contribution in [0.5, 0.6) is 0 Å². The van der Waals surface area contributed by atoms with Gasteiger partial charge < -0.3 is 5.32 Å². The molecular formula is C14H28N2. The van der Waals surface area contributed by atoms with Crippen molar-refractivity contribution in [3.05, 3.63) is 0 Å². The van der Waals surface area contributed by atoms with Gasteiger partial charge in [0.25, 0.3) is 0 Å². The fraction of sp³-hybridized carbons (Fsp3) is 1.00. The molecule has 94 valence electrons. The van der Waals surface area contributed by atoms with Crippen molar-refractivity contribution >= 4 is 0 Å². The van der Waals surface area contributed by atoms with Crippen LogP contribution in [-0.2, 0) is 0 Å². The fourth-order valence-corrected chi connectivity index (χ4v) is 3.48. The van der Waals surface area contributed by atoms with Crippen molar-refractivity contribution in [2.45, 2.75) is 71.0 Å². The molecule has 16 heavy (non-hydrogen) atoms. The molecule has 2 fully saturated rings. The molecule has 0 saturated carbocycles. The molecule has 2 saturated heterocycles. The SMILES string of the molecule is CCC1CCC(C)N1CC1NCCCC1C. The summed E-state index contributed by atoms with van der Waals surface area (Å²) in [6.45, 7) is 9.67. The highest BCUT2D eigenvalue weighted by Crippen LogP contribution is 2.28. The monoisotopic (exact) mass is 224 g/mol. The van der Waals surface area contributed by atoms with Crippen LogP contribution in [0.1, 0.15) is 52.9 Å². The van der Waals surface area contributed by atoms with E-state index in [4.69, 9.17) is 0 Å². The summed E-state index contributed by atoms with van der Waals surface area (Å²) < 4.78 is 0. The van der Waals surface area contributed by atoms with Crippen LogP contribution < -0.4 is 5.32 Å². The molecule has 2 aliphatic heterocycles. The van der Waals surface area contributed by atoms with E-state index in [-0.39, 0.29) is 0 Å². The van der Waals surface area contributed by atoms with Gasteiger partial charge >= 0.3 is 0 Å². The van der Waals surface area contributed by atoms with Gasteiger partial charge in [0, 0.05) is 24.7 Å². The summed E-state index contributed by atoms with van der Waals surface area (Å²) in [7, 11) is 0. The smallest absolute Gasteiger partial charge is 0.0220 e. The zero-order chi connectivity index (χ0) is 11.5. The summed E-state index contributed by atoms with van der Waals surface area (Å²) in [5, 5.41) is 3.72. The zero-order valence-corrected chi connectivity index (χ0v) is 11.2. The molecule has 0 aliphatic carbocycles. The van der Waals surface area contributed by atoms with Gasteiger partial charge in [0.2, 0.25) is 0 Å². The average molecular weight is 224 g/mol. The Balaban J connectivity index is 1.91. The second-order valence-corrected chi connectivity index (χ2v) is 5.87. The topological polar surface area (TPSA) is 15.3 Å². The second kappa shape index (κ2) is 5.50. The molecule has 0 radical (unpaired) electrons. The summed E-state index contributed by atoms with van der Waals surface area (Å²) in [4.78, 5) is 2.76. The van der Waals surface area contributed by atoms with Gasteiger partial charge in [-0.2, -0.15) is 0 Å². The standard InChI is InChI=1S/C14H28N2/c1-4-13-8-7-12(3)16(13)10-14-11(2)6-5-9-15-14/h11-15H,4-10H2,1-3H3. The van der Waals surface area contributed by atoms with Crippen molar-refractivity contribution in [1.29, 1.82) is 0 Å². The third-order valence-electron chi connectivity index (χ3n) is 4.76. The van der Waals surface area contributed by atoms with E-state index in [1.165, 1.54) is 45.2 Å². The van der Waals surface area contributed by atoms with E-state index >= 15 is 0 Å². The molecule has 4 atom stereocenters. The van der Waals surface area contributed by atoms with Gasteiger partial charge in [-0.3, -0.25) is 4.90 Å². The van der Waals surface area contributed by atoms with Crippen molar-refractivity contribution in [3.8, 4) is 0 Å². The zero-order valence-electron chi connectivity index (χ0n) is 11.2. The van der Waals surface area contributed by atoms with E-state index in [0.29, 0.717) is 0 Å². The predicted octanol–water partition coefficient (Wildman–Crippen LogP) is 2.64. The summed E-state index contributed by atoms with van der Waals surface area (Å²) in [5.41, 5.74) is 0. The first-order chi connectivity index (χ1) is 7.72. The van der Waals surface area contributed by atoms with Crippen molar-refractivity contribution in [2.24, 2.45) is 5.92 Å². The molecule has 2 heteroatoms. The van der Waals surface area contributed by atoms with Crippen molar-refractivity contribution in [3.63, 3.8) is 0 Å². The third kappa shape index (κ3) is 2.60. The first-order valence-electron chi connectivity index (χ1n) is 7.21. The largest absolute Gasteiger partial charge is 0.312 e. The first kappa shape index (κ1) is 12.4. The van der Waals surface area contributed by atoms with Gasteiger partial charge in [0.1, 0.15) is 0 Å². The minimum absolute atomic E-state index is 0.739. The maximum absolute atomic E-state index is 3.72. The lowest BCUT2D eigenvalue weighted by atomic mass is 9.92. The van der Waals surface area contributed by atoms with E-state index in [2.05, 4.69) is 31.0 Å². The molecule has 0 spiro atoms.